The fourth-order valence-corrected chi connectivity index (χ4v) is 3.53. The SMILES string of the molecule is COc1cc(OC)cc(C(=O)NC(=NCCc2c[nH]c3ccccc23)Nc2ccc(F)cc2)c1. The predicted molar refractivity (Wildman–Crippen MR) is 131 cm³/mol. The van der Waals surface area contributed by atoms with Crippen LogP contribution in [0.4, 0.5) is 10.1 Å². The van der Waals surface area contributed by atoms with Gasteiger partial charge in [0.25, 0.3) is 5.91 Å². The summed E-state index contributed by atoms with van der Waals surface area (Å²) in [5, 5.41) is 7.00. The molecule has 4 rings (SSSR count). The van der Waals surface area contributed by atoms with E-state index in [1.54, 1.807) is 30.3 Å². The van der Waals surface area contributed by atoms with Crippen molar-refractivity contribution in [2.24, 2.45) is 4.99 Å². The fraction of sp³-hybridized carbons (Fsp3) is 0.154. The fourth-order valence-electron chi connectivity index (χ4n) is 3.53. The van der Waals surface area contributed by atoms with E-state index in [9.17, 15) is 9.18 Å². The molecule has 1 aromatic heterocycles. The monoisotopic (exact) mass is 460 g/mol. The number of amides is 1. The predicted octanol–water partition coefficient (Wildman–Crippen LogP) is 4.76. The highest BCUT2D eigenvalue weighted by Crippen LogP contribution is 2.22. The third-order valence-corrected chi connectivity index (χ3v) is 5.28. The molecule has 3 aromatic carbocycles. The van der Waals surface area contributed by atoms with Crippen molar-refractivity contribution in [2.75, 3.05) is 26.1 Å². The van der Waals surface area contributed by atoms with Gasteiger partial charge in [-0.2, -0.15) is 0 Å². The van der Waals surface area contributed by atoms with E-state index < -0.39 is 5.91 Å². The molecule has 0 unspecified atom stereocenters. The Bertz CT molecular complexity index is 1290. The van der Waals surface area contributed by atoms with Gasteiger partial charge in [0.15, 0.2) is 0 Å². The quantitative estimate of drug-likeness (QED) is 0.274. The van der Waals surface area contributed by atoms with E-state index >= 15 is 0 Å². The lowest BCUT2D eigenvalue weighted by Crippen LogP contribution is -2.36. The highest BCUT2D eigenvalue weighted by molar-refractivity contribution is 6.10. The first-order valence-corrected chi connectivity index (χ1v) is 10.7. The molecular weight excluding hydrogens is 435 g/mol. The van der Waals surface area contributed by atoms with E-state index in [1.165, 1.54) is 26.4 Å². The summed E-state index contributed by atoms with van der Waals surface area (Å²) in [5.74, 6) is 0.495. The number of nitrogens with zero attached hydrogens (tertiary/aromatic N) is 1. The minimum atomic E-state index is -0.391. The Morgan fingerprint density at radius 3 is 2.41 bits per heavy atom. The zero-order valence-corrected chi connectivity index (χ0v) is 18.9. The van der Waals surface area contributed by atoms with Gasteiger partial charge >= 0.3 is 0 Å². The van der Waals surface area contributed by atoms with Gasteiger partial charge < -0.3 is 19.8 Å². The van der Waals surface area contributed by atoms with E-state index in [0.717, 1.165) is 16.5 Å². The van der Waals surface area contributed by atoms with E-state index in [0.29, 0.717) is 35.7 Å². The molecule has 0 spiro atoms. The molecule has 0 aliphatic rings. The molecule has 0 radical (unpaired) electrons. The van der Waals surface area contributed by atoms with Gasteiger partial charge in [-0.15, -0.1) is 0 Å². The van der Waals surface area contributed by atoms with Crippen molar-refractivity contribution >= 4 is 28.5 Å². The van der Waals surface area contributed by atoms with Gasteiger partial charge in [0.1, 0.15) is 17.3 Å². The van der Waals surface area contributed by atoms with Gasteiger partial charge in [-0.1, -0.05) is 18.2 Å². The number of anilines is 1. The number of methoxy groups -OCH3 is 2. The summed E-state index contributed by atoms with van der Waals surface area (Å²) in [5.41, 5.74) is 3.13. The van der Waals surface area contributed by atoms with Crippen molar-refractivity contribution in [3.05, 3.63) is 89.9 Å². The Labute approximate surface area is 196 Å². The number of hydrogen-bond donors (Lipinski definition) is 3. The Kier molecular flexibility index (Phi) is 7.07. The molecule has 4 aromatic rings. The second-order valence-electron chi connectivity index (χ2n) is 7.53. The Morgan fingerprint density at radius 2 is 1.71 bits per heavy atom. The number of benzene rings is 3. The van der Waals surface area contributed by atoms with Gasteiger partial charge in [-0.25, -0.2) is 4.39 Å². The van der Waals surface area contributed by atoms with E-state index in [-0.39, 0.29) is 11.8 Å². The molecule has 1 amide bonds. The number of hydrogen-bond acceptors (Lipinski definition) is 4. The van der Waals surface area contributed by atoms with E-state index in [2.05, 4.69) is 26.7 Å². The van der Waals surface area contributed by atoms with Gasteiger partial charge in [-0.05, 0) is 54.4 Å². The average molecular weight is 461 g/mol. The summed E-state index contributed by atoms with van der Waals surface area (Å²) in [6.07, 6.45) is 2.63. The molecule has 0 aliphatic heterocycles. The second kappa shape index (κ2) is 10.5. The number of halogens is 1. The molecule has 0 bridgehead atoms. The smallest absolute Gasteiger partial charge is 0.258 e. The number of aromatic amines is 1. The normalized spacial score (nSPS) is 11.3. The number of rotatable bonds is 7. The first kappa shape index (κ1) is 22.8. The number of aromatic nitrogens is 1. The first-order valence-electron chi connectivity index (χ1n) is 10.7. The second-order valence-corrected chi connectivity index (χ2v) is 7.53. The zero-order chi connectivity index (χ0) is 23.9. The molecule has 0 saturated heterocycles. The van der Waals surface area contributed by atoms with Crippen LogP contribution in [0.3, 0.4) is 0 Å². The van der Waals surface area contributed by atoms with Crippen LogP contribution in [0.15, 0.2) is 77.9 Å². The van der Waals surface area contributed by atoms with Gasteiger partial charge in [0, 0.05) is 41.0 Å². The highest BCUT2D eigenvalue weighted by Gasteiger charge is 2.13. The number of nitrogens with one attached hydrogen (secondary N) is 3. The minimum Gasteiger partial charge on any atom is -0.497 e. The van der Waals surface area contributed by atoms with E-state index in [4.69, 9.17) is 9.47 Å². The molecule has 7 nitrogen and oxygen atoms in total. The number of fused-ring (bicyclic) bond motifs is 1. The van der Waals surface area contributed by atoms with Crippen LogP contribution in [0.2, 0.25) is 0 Å². The van der Waals surface area contributed by atoms with Crippen LogP contribution in [0.25, 0.3) is 10.9 Å². The molecule has 0 saturated carbocycles. The van der Waals surface area contributed by atoms with Crippen molar-refractivity contribution in [2.45, 2.75) is 6.42 Å². The molecule has 34 heavy (non-hydrogen) atoms. The van der Waals surface area contributed by atoms with Crippen LogP contribution < -0.4 is 20.1 Å². The molecule has 1 heterocycles. The number of carbonyl (C=O) groups excluding carboxylic acids is 1. The number of H-pyrrole nitrogens is 1. The van der Waals surface area contributed by atoms with Gasteiger partial charge in [0.2, 0.25) is 5.96 Å². The largest absolute Gasteiger partial charge is 0.497 e. The molecular formula is C26H25FN4O3. The van der Waals surface area contributed by atoms with E-state index in [1.807, 2.05) is 24.4 Å². The first-order chi connectivity index (χ1) is 16.6. The average Bonchev–Trinajstić information content (AvgIpc) is 3.28. The topological polar surface area (TPSA) is 87.7 Å². The lowest BCUT2D eigenvalue weighted by molar-refractivity contribution is 0.0976. The summed E-state index contributed by atoms with van der Waals surface area (Å²) in [4.78, 5) is 20.8. The van der Waals surface area contributed by atoms with Crippen LogP contribution in [0.5, 0.6) is 11.5 Å². The molecule has 0 aliphatic carbocycles. The maximum absolute atomic E-state index is 13.3. The van der Waals surface area contributed by atoms with Crippen LogP contribution in [-0.2, 0) is 6.42 Å². The minimum absolute atomic E-state index is 0.248. The Hall–Kier alpha value is -4.33. The molecule has 0 atom stereocenters. The number of ether oxygens (including phenoxy) is 2. The number of carbonyl (C=O) groups is 1. The van der Waals surface area contributed by atoms with Gasteiger partial charge in [-0.3, -0.25) is 15.1 Å². The van der Waals surface area contributed by atoms with Crippen LogP contribution in [-0.4, -0.2) is 37.6 Å². The maximum Gasteiger partial charge on any atom is 0.258 e. The van der Waals surface area contributed by atoms with Crippen LogP contribution in [0, 0.1) is 5.82 Å². The Balaban J connectivity index is 1.54. The van der Waals surface area contributed by atoms with Crippen molar-refractivity contribution in [1.82, 2.24) is 10.3 Å². The molecule has 8 heteroatoms. The standard InChI is InChI=1S/C26H25FN4O3/c1-33-21-13-18(14-22(15-21)34-2)25(32)31-26(30-20-9-7-19(27)8-10-20)28-12-11-17-16-29-24-6-4-3-5-23(17)24/h3-10,13-16,29H,11-12H2,1-2H3,(H2,28,30,31,32). The summed E-state index contributed by atoms with van der Waals surface area (Å²) < 4.78 is 23.8. The van der Waals surface area contributed by atoms with Crippen molar-refractivity contribution < 1.29 is 18.7 Å². The Morgan fingerprint density at radius 1 is 1.00 bits per heavy atom. The molecule has 0 fully saturated rings. The number of guanidine groups is 1. The summed E-state index contributed by atoms with van der Waals surface area (Å²) in [6.45, 7) is 0.424. The van der Waals surface area contributed by atoms with Crippen molar-refractivity contribution in [3.8, 4) is 11.5 Å². The summed E-state index contributed by atoms with van der Waals surface area (Å²) in [7, 11) is 3.04. The number of aliphatic imine (C=N–C) groups is 1. The summed E-state index contributed by atoms with van der Waals surface area (Å²) in [6, 6.07) is 18.8. The highest BCUT2D eigenvalue weighted by atomic mass is 19.1. The maximum atomic E-state index is 13.3. The van der Waals surface area contributed by atoms with Crippen LogP contribution in [0.1, 0.15) is 15.9 Å². The lowest BCUT2D eigenvalue weighted by atomic mass is 10.1. The summed E-state index contributed by atoms with van der Waals surface area (Å²) >= 11 is 0. The third kappa shape index (κ3) is 5.53. The van der Waals surface area contributed by atoms with Crippen molar-refractivity contribution in [3.63, 3.8) is 0 Å². The van der Waals surface area contributed by atoms with Crippen molar-refractivity contribution in [1.29, 1.82) is 0 Å². The third-order valence-electron chi connectivity index (χ3n) is 5.28. The van der Waals surface area contributed by atoms with Crippen LogP contribution >= 0.6 is 0 Å². The zero-order valence-electron chi connectivity index (χ0n) is 18.9. The van der Waals surface area contributed by atoms with Gasteiger partial charge in [0.05, 0.1) is 14.2 Å². The lowest BCUT2D eigenvalue weighted by Gasteiger charge is -2.13. The molecule has 3 N–H and O–H groups in total. The molecule has 174 valence electrons. The number of para-hydroxylation sites is 1.